The van der Waals surface area contributed by atoms with Crippen molar-refractivity contribution >= 4 is 24.0 Å². The van der Waals surface area contributed by atoms with Crippen LogP contribution in [0.2, 0.25) is 0 Å². The molecule has 3 aromatic rings. The van der Waals surface area contributed by atoms with Gasteiger partial charge in [0.15, 0.2) is 0 Å². The Bertz CT molecular complexity index is 1180. The summed E-state index contributed by atoms with van der Waals surface area (Å²) in [5, 5.41) is 4.39. The van der Waals surface area contributed by atoms with Gasteiger partial charge in [-0.15, -0.1) is 0 Å². The van der Waals surface area contributed by atoms with Gasteiger partial charge in [0.1, 0.15) is 5.78 Å². The molecule has 37 heavy (non-hydrogen) atoms. The minimum Gasteiger partial charge on any atom is -0.378 e. The van der Waals surface area contributed by atoms with Crippen LogP contribution in [0.15, 0.2) is 78.9 Å². The van der Waals surface area contributed by atoms with Gasteiger partial charge in [0.05, 0.1) is 6.10 Å². The molecule has 1 fully saturated rings. The van der Waals surface area contributed by atoms with Gasteiger partial charge >= 0.3 is 0 Å². The summed E-state index contributed by atoms with van der Waals surface area (Å²) in [6.07, 6.45) is 3.21. The first-order valence-corrected chi connectivity index (χ1v) is 15.3. The lowest BCUT2D eigenvalue weighted by Gasteiger charge is -2.41. The highest BCUT2D eigenvalue weighted by molar-refractivity contribution is 7.67. The summed E-state index contributed by atoms with van der Waals surface area (Å²) in [5.41, 5.74) is 4.15. The Labute approximate surface area is 223 Å². The van der Waals surface area contributed by atoms with Crippen molar-refractivity contribution in [3.05, 3.63) is 90.0 Å². The van der Waals surface area contributed by atoms with Crippen LogP contribution >= 0.6 is 7.37 Å². The molecule has 1 saturated carbocycles. The van der Waals surface area contributed by atoms with Crippen molar-refractivity contribution in [3.8, 4) is 0 Å². The number of nitrogens with zero attached hydrogens (tertiary/aromatic N) is 1. The van der Waals surface area contributed by atoms with E-state index in [1.54, 1.807) is 0 Å². The Morgan fingerprint density at radius 2 is 1.57 bits per heavy atom. The molecule has 0 unspecified atom stereocenters. The fourth-order valence-corrected chi connectivity index (χ4v) is 8.11. The zero-order valence-corrected chi connectivity index (χ0v) is 24.1. The zero-order valence-electron chi connectivity index (χ0n) is 23.2. The first kappa shape index (κ1) is 27.5. The molecule has 3 aromatic carbocycles. The fourth-order valence-electron chi connectivity index (χ4n) is 5.47. The number of hydrogen-bond acceptors (Lipinski definition) is 4. The molecular weight excluding hydrogens is 475 g/mol. The second-order valence-corrected chi connectivity index (χ2v) is 13.7. The molecule has 0 amide bonds. The first-order valence-electron chi connectivity index (χ1n) is 13.6. The molecule has 1 N–H and O–H groups in total. The van der Waals surface area contributed by atoms with Gasteiger partial charge in [-0.3, -0.25) is 4.57 Å². The largest absolute Gasteiger partial charge is 0.378 e. The minimum absolute atomic E-state index is 0.0476. The van der Waals surface area contributed by atoms with Crippen LogP contribution in [-0.4, -0.2) is 20.2 Å². The van der Waals surface area contributed by atoms with Crippen LogP contribution in [0.3, 0.4) is 0 Å². The molecule has 0 heterocycles. The van der Waals surface area contributed by atoms with E-state index in [9.17, 15) is 0 Å². The summed E-state index contributed by atoms with van der Waals surface area (Å²) in [5.74, 6) is 0.915. The van der Waals surface area contributed by atoms with Crippen molar-refractivity contribution in [2.24, 2.45) is 17.8 Å². The maximum Gasteiger partial charge on any atom is 0.258 e. The molecule has 4 rings (SSSR count). The molecule has 0 aliphatic heterocycles. The van der Waals surface area contributed by atoms with Gasteiger partial charge in [-0.05, 0) is 79.5 Å². The van der Waals surface area contributed by atoms with Gasteiger partial charge in [-0.25, -0.2) is 0 Å². The third-order valence-corrected chi connectivity index (χ3v) is 10.5. The normalized spacial score (nSPS) is 22.3. The summed E-state index contributed by atoms with van der Waals surface area (Å²) in [4.78, 5) is 2.06. The van der Waals surface area contributed by atoms with Crippen LogP contribution in [0.5, 0.6) is 0 Å². The molecule has 0 radical (unpaired) electrons. The Balaban J connectivity index is 1.84. The lowest BCUT2D eigenvalue weighted by Crippen LogP contribution is -2.35. The summed E-state index contributed by atoms with van der Waals surface area (Å²) < 4.78 is 22.5. The van der Waals surface area contributed by atoms with E-state index in [1.165, 1.54) is 12.0 Å². The van der Waals surface area contributed by atoms with E-state index in [0.717, 1.165) is 35.1 Å². The summed E-state index contributed by atoms with van der Waals surface area (Å²) in [7, 11) is 0.607. The highest BCUT2D eigenvalue weighted by Gasteiger charge is 2.43. The highest BCUT2D eigenvalue weighted by atomic mass is 31.2. The average Bonchev–Trinajstić information content (AvgIpc) is 2.88. The van der Waals surface area contributed by atoms with E-state index in [1.807, 2.05) is 68.7 Å². The quantitative estimate of drug-likeness (QED) is 0.290. The van der Waals surface area contributed by atoms with Gasteiger partial charge in [0, 0.05) is 30.8 Å². The summed E-state index contributed by atoms with van der Waals surface area (Å²) in [6, 6.07) is 26.5. The van der Waals surface area contributed by atoms with Crippen LogP contribution in [0.25, 0.3) is 0 Å². The van der Waals surface area contributed by atoms with Gasteiger partial charge < -0.3 is 14.7 Å². The second kappa shape index (κ2) is 11.9. The topological polar surface area (TPSA) is 41.6 Å². The van der Waals surface area contributed by atoms with E-state index in [-0.39, 0.29) is 6.10 Å². The molecule has 0 spiro atoms. The monoisotopic (exact) mass is 518 g/mol. The Kier molecular flexibility index (Phi) is 8.82. The van der Waals surface area contributed by atoms with Crippen LogP contribution in [0.4, 0.5) is 11.4 Å². The van der Waals surface area contributed by atoms with Gasteiger partial charge in [-0.1, -0.05) is 75.2 Å². The highest BCUT2D eigenvalue weighted by Crippen LogP contribution is 2.61. The van der Waals surface area contributed by atoms with E-state index < -0.39 is 13.2 Å². The summed E-state index contributed by atoms with van der Waals surface area (Å²) in [6.45, 7) is 8.92. The fraction of sp³-hybridized carbons (Fsp3) is 0.438. The molecule has 0 aromatic heterocycles. The SMILES string of the molecule is Cc1ccc([C@H](Nc2ccccc2)[P@](=O)(O[C@@H]2C[C@H](C)CC[C@H]2C(C)C)c2ccc(N(C)C)cc2)cc1. The first-order chi connectivity index (χ1) is 17.7. The molecule has 5 heteroatoms. The standard InChI is InChI=1S/C32H43N2O2P/c1-23(2)30-21-14-25(4)22-31(30)36-37(35,29-19-17-28(18-20-29)34(5)6)32(26-15-12-24(3)13-16-26)33-27-10-8-7-9-11-27/h7-13,15-20,23,25,30-33H,14,21-22H2,1-6H3/t25-,30+,31-,32-,37-/m1/s1. The van der Waals surface area contributed by atoms with Crippen LogP contribution in [0, 0.1) is 24.7 Å². The van der Waals surface area contributed by atoms with Crippen molar-refractivity contribution in [1.82, 2.24) is 0 Å². The van der Waals surface area contributed by atoms with Crippen molar-refractivity contribution in [1.29, 1.82) is 0 Å². The number of hydrogen-bond donors (Lipinski definition) is 1. The molecule has 0 saturated heterocycles. The molecule has 5 atom stereocenters. The van der Waals surface area contributed by atoms with Crippen molar-refractivity contribution in [2.45, 2.75) is 58.8 Å². The third kappa shape index (κ3) is 6.48. The van der Waals surface area contributed by atoms with Crippen molar-refractivity contribution < 1.29 is 9.09 Å². The Hall–Kier alpha value is -2.55. The molecule has 1 aliphatic carbocycles. The third-order valence-electron chi connectivity index (χ3n) is 7.79. The number of anilines is 2. The summed E-state index contributed by atoms with van der Waals surface area (Å²) >= 11 is 0. The van der Waals surface area contributed by atoms with Crippen LogP contribution in [0.1, 0.15) is 56.9 Å². The van der Waals surface area contributed by atoms with Gasteiger partial charge in [0.2, 0.25) is 0 Å². The number of aryl methyl sites for hydroxylation is 1. The lowest BCUT2D eigenvalue weighted by atomic mass is 9.75. The smallest absolute Gasteiger partial charge is 0.258 e. The lowest BCUT2D eigenvalue weighted by molar-refractivity contribution is 0.0489. The molecular formula is C32H43N2O2P. The van der Waals surface area contributed by atoms with Crippen molar-refractivity contribution in [2.75, 3.05) is 24.3 Å². The molecule has 4 nitrogen and oxygen atoms in total. The Morgan fingerprint density at radius 1 is 0.919 bits per heavy atom. The molecule has 1 aliphatic rings. The molecule has 0 bridgehead atoms. The van der Waals surface area contributed by atoms with Crippen molar-refractivity contribution in [3.63, 3.8) is 0 Å². The maximum atomic E-state index is 15.5. The predicted octanol–water partition coefficient (Wildman–Crippen LogP) is 8.25. The Morgan fingerprint density at radius 3 is 2.16 bits per heavy atom. The number of nitrogens with one attached hydrogen (secondary N) is 1. The van der Waals surface area contributed by atoms with E-state index in [2.05, 4.69) is 62.2 Å². The second-order valence-electron chi connectivity index (χ2n) is 11.3. The van der Waals surface area contributed by atoms with E-state index in [4.69, 9.17) is 4.52 Å². The predicted molar refractivity (Wildman–Crippen MR) is 158 cm³/mol. The van der Waals surface area contributed by atoms with E-state index >= 15 is 4.57 Å². The number of benzene rings is 3. The van der Waals surface area contributed by atoms with Gasteiger partial charge in [-0.2, -0.15) is 0 Å². The van der Waals surface area contributed by atoms with Crippen LogP contribution < -0.4 is 15.5 Å². The molecule has 198 valence electrons. The zero-order chi connectivity index (χ0) is 26.6. The van der Waals surface area contributed by atoms with E-state index in [0.29, 0.717) is 17.8 Å². The van der Waals surface area contributed by atoms with Gasteiger partial charge in [0.25, 0.3) is 7.37 Å². The average molecular weight is 519 g/mol. The maximum absolute atomic E-state index is 15.5. The van der Waals surface area contributed by atoms with Crippen LogP contribution in [-0.2, 0) is 9.09 Å². The number of para-hydroxylation sites is 1. The number of rotatable bonds is 9. The minimum atomic E-state index is -3.44.